The number of nitrogens with zero attached hydrogens (tertiary/aromatic N) is 2. The first kappa shape index (κ1) is 23.5. The number of hydrogen-bond acceptors (Lipinski definition) is 5. The zero-order valence-electron chi connectivity index (χ0n) is 17.8. The molecule has 0 fully saturated rings. The average Bonchev–Trinajstić information content (AvgIpc) is 2.70. The van der Waals surface area contributed by atoms with Gasteiger partial charge in [0, 0.05) is 35.3 Å². The zero-order chi connectivity index (χ0) is 23.7. The van der Waals surface area contributed by atoms with Crippen molar-refractivity contribution in [3.05, 3.63) is 72.0 Å². The SMILES string of the molecule is C=C(C)CC(O)(C(Nc1cccc2nc(C)ncc12)c1ccc(F)cc1OC)C(F)(F)F. The Bertz CT molecular complexity index is 1150. The van der Waals surface area contributed by atoms with Crippen LogP contribution in [0.3, 0.4) is 0 Å². The lowest BCUT2D eigenvalue weighted by Gasteiger charge is -2.39. The molecule has 1 aromatic heterocycles. The second kappa shape index (κ2) is 8.74. The molecule has 0 amide bonds. The molecule has 0 saturated heterocycles. The Kier molecular flexibility index (Phi) is 6.41. The number of aryl methyl sites for hydroxylation is 1. The Morgan fingerprint density at radius 3 is 2.59 bits per heavy atom. The Morgan fingerprint density at radius 1 is 1.25 bits per heavy atom. The molecule has 0 aliphatic carbocycles. The van der Waals surface area contributed by atoms with Crippen LogP contribution in [0.2, 0.25) is 0 Å². The number of aromatic nitrogens is 2. The van der Waals surface area contributed by atoms with Crippen LogP contribution in [0.25, 0.3) is 10.9 Å². The van der Waals surface area contributed by atoms with E-state index in [4.69, 9.17) is 4.74 Å². The van der Waals surface area contributed by atoms with Crippen molar-refractivity contribution in [1.82, 2.24) is 9.97 Å². The molecule has 0 bridgehead atoms. The molecule has 3 rings (SSSR count). The molecule has 5 nitrogen and oxygen atoms in total. The Balaban J connectivity index is 2.25. The summed E-state index contributed by atoms with van der Waals surface area (Å²) in [5.74, 6) is -0.325. The van der Waals surface area contributed by atoms with Crippen LogP contribution in [0.4, 0.5) is 23.2 Å². The molecular weight excluding hydrogens is 426 g/mol. The van der Waals surface area contributed by atoms with Crippen molar-refractivity contribution in [2.45, 2.75) is 38.1 Å². The highest BCUT2D eigenvalue weighted by atomic mass is 19.4. The summed E-state index contributed by atoms with van der Waals surface area (Å²) in [7, 11) is 1.22. The van der Waals surface area contributed by atoms with Gasteiger partial charge in [-0.2, -0.15) is 13.2 Å². The molecule has 32 heavy (non-hydrogen) atoms. The van der Waals surface area contributed by atoms with E-state index in [1.54, 1.807) is 25.1 Å². The van der Waals surface area contributed by atoms with Gasteiger partial charge < -0.3 is 15.2 Å². The van der Waals surface area contributed by atoms with Gasteiger partial charge in [0.25, 0.3) is 0 Å². The molecule has 2 atom stereocenters. The van der Waals surface area contributed by atoms with Gasteiger partial charge in [0.05, 0.1) is 18.7 Å². The third-order valence-corrected chi connectivity index (χ3v) is 5.09. The van der Waals surface area contributed by atoms with Crippen LogP contribution in [-0.2, 0) is 0 Å². The number of aliphatic hydroxyl groups is 1. The number of fused-ring (bicyclic) bond motifs is 1. The minimum Gasteiger partial charge on any atom is -0.496 e. The Labute approximate surface area is 182 Å². The minimum absolute atomic E-state index is 0.0694. The third kappa shape index (κ3) is 4.52. The monoisotopic (exact) mass is 449 g/mol. The fourth-order valence-corrected chi connectivity index (χ4v) is 3.63. The molecule has 0 aliphatic rings. The number of anilines is 1. The van der Waals surface area contributed by atoms with E-state index in [-0.39, 0.29) is 22.6 Å². The van der Waals surface area contributed by atoms with E-state index in [0.717, 1.165) is 18.2 Å². The lowest BCUT2D eigenvalue weighted by Crippen LogP contribution is -2.52. The van der Waals surface area contributed by atoms with Gasteiger partial charge in [-0.1, -0.05) is 17.7 Å². The number of ether oxygens (including phenoxy) is 1. The fraction of sp³-hybridized carbons (Fsp3) is 0.304. The molecule has 0 radical (unpaired) electrons. The fourth-order valence-electron chi connectivity index (χ4n) is 3.63. The summed E-state index contributed by atoms with van der Waals surface area (Å²) in [4.78, 5) is 8.43. The second-order valence-electron chi connectivity index (χ2n) is 7.68. The van der Waals surface area contributed by atoms with Crippen molar-refractivity contribution in [1.29, 1.82) is 0 Å². The summed E-state index contributed by atoms with van der Waals surface area (Å²) < 4.78 is 61.9. The predicted molar refractivity (Wildman–Crippen MR) is 114 cm³/mol. The van der Waals surface area contributed by atoms with Crippen LogP contribution in [0.15, 0.2) is 54.7 Å². The van der Waals surface area contributed by atoms with E-state index >= 15 is 0 Å². The van der Waals surface area contributed by atoms with Gasteiger partial charge in [-0.05, 0) is 32.0 Å². The van der Waals surface area contributed by atoms with Crippen molar-refractivity contribution in [2.24, 2.45) is 0 Å². The first-order chi connectivity index (χ1) is 15.0. The largest absolute Gasteiger partial charge is 0.496 e. The number of benzene rings is 2. The highest BCUT2D eigenvalue weighted by molar-refractivity contribution is 5.91. The van der Waals surface area contributed by atoms with E-state index in [1.807, 2.05) is 0 Å². The molecule has 0 aliphatic heterocycles. The van der Waals surface area contributed by atoms with Crippen molar-refractivity contribution in [2.75, 3.05) is 12.4 Å². The van der Waals surface area contributed by atoms with Crippen molar-refractivity contribution in [3.63, 3.8) is 0 Å². The van der Waals surface area contributed by atoms with E-state index in [2.05, 4.69) is 21.9 Å². The van der Waals surface area contributed by atoms with Crippen molar-refractivity contribution >= 4 is 16.6 Å². The normalized spacial score (nSPS) is 14.6. The number of methoxy groups -OCH3 is 1. The van der Waals surface area contributed by atoms with Crippen LogP contribution in [0.5, 0.6) is 5.75 Å². The quantitative estimate of drug-likeness (QED) is 0.368. The maximum atomic E-state index is 14.3. The Hall–Kier alpha value is -3.20. The number of halogens is 4. The molecule has 2 N–H and O–H groups in total. The molecule has 2 unspecified atom stereocenters. The minimum atomic E-state index is -5.05. The number of alkyl halides is 3. The summed E-state index contributed by atoms with van der Waals surface area (Å²) in [5, 5.41) is 14.3. The van der Waals surface area contributed by atoms with Gasteiger partial charge >= 0.3 is 6.18 Å². The predicted octanol–water partition coefficient (Wildman–Crippen LogP) is 5.50. The van der Waals surface area contributed by atoms with E-state index in [0.29, 0.717) is 16.7 Å². The standard InChI is InChI=1S/C23H23F4N3O2/c1-13(2)11-22(31,23(25,26)27)21(16-9-8-15(24)10-20(16)32-4)30-19-7-5-6-18-17(19)12-28-14(3)29-18/h5-10,12,21,30-31H,1,11H2,2-4H3. The van der Waals surface area contributed by atoms with E-state index in [1.165, 1.54) is 20.2 Å². The maximum absolute atomic E-state index is 14.3. The van der Waals surface area contributed by atoms with Crippen molar-refractivity contribution in [3.8, 4) is 5.75 Å². The number of nitrogens with one attached hydrogen (secondary N) is 1. The van der Waals surface area contributed by atoms with Gasteiger partial charge in [0.1, 0.15) is 17.4 Å². The molecule has 2 aromatic carbocycles. The van der Waals surface area contributed by atoms with Crippen molar-refractivity contribution < 1.29 is 27.4 Å². The summed E-state index contributed by atoms with van der Waals surface area (Å²) in [6, 6.07) is 6.26. The second-order valence-corrected chi connectivity index (χ2v) is 7.68. The lowest BCUT2D eigenvalue weighted by molar-refractivity contribution is -0.266. The topological polar surface area (TPSA) is 67.3 Å². The molecule has 0 spiro atoms. The van der Waals surface area contributed by atoms with Crippen LogP contribution < -0.4 is 10.1 Å². The van der Waals surface area contributed by atoms with Crippen LogP contribution in [0.1, 0.15) is 30.8 Å². The van der Waals surface area contributed by atoms with Gasteiger partial charge in [-0.15, -0.1) is 6.58 Å². The zero-order valence-corrected chi connectivity index (χ0v) is 17.8. The summed E-state index contributed by atoms with van der Waals surface area (Å²) >= 11 is 0. The molecule has 0 saturated carbocycles. The van der Waals surface area contributed by atoms with Gasteiger partial charge in [0.15, 0.2) is 5.60 Å². The smallest absolute Gasteiger partial charge is 0.419 e. The summed E-state index contributed by atoms with van der Waals surface area (Å²) in [6.07, 6.45) is -4.35. The first-order valence-electron chi connectivity index (χ1n) is 9.72. The maximum Gasteiger partial charge on any atom is 0.419 e. The van der Waals surface area contributed by atoms with Gasteiger partial charge in [-0.25, -0.2) is 14.4 Å². The average molecular weight is 449 g/mol. The van der Waals surface area contributed by atoms with E-state index < -0.39 is 30.1 Å². The molecule has 1 heterocycles. The summed E-state index contributed by atoms with van der Waals surface area (Å²) in [6.45, 7) is 6.64. The highest BCUT2D eigenvalue weighted by Gasteiger charge is 2.59. The van der Waals surface area contributed by atoms with Crippen LogP contribution in [-0.4, -0.2) is 34.0 Å². The Morgan fingerprint density at radius 2 is 1.97 bits per heavy atom. The summed E-state index contributed by atoms with van der Waals surface area (Å²) in [5.41, 5.74) is -2.45. The van der Waals surface area contributed by atoms with E-state index in [9.17, 15) is 22.7 Å². The number of rotatable bonds is 7. The molecular formula is C23H23F4N3O2. The molecule has 3 aromatic rings. The molecule has 170 valence electrons. The third-order valence-electron chi connectivity index (χ3n) is 5.09. The first-order valence-corrected chi connectivity index (χ1v) is 9.72. The van der Waals surface area contributed by atoms with Gasteiger partial charge in [0.2, 0.25) is 0 Å². The van der Waals surface area contributed by atoms with Crippen LogP contribution >= 0.6 is 0 Å². The molecule has 9 heteroatoms. The van der Waals surface area contributed by atoms with Gasteiger partial charge in [-0.3, -0.25) is 0 Å². The lowest BCUT2D eigenvalue weighted by atomic mass is 9.82. The number of hydrogen-bond donors (Lipinski definition) is 2. The highest BCUT2D eigenvalue weighted by Crippen LogP contribution is 2.47. The van der Waals surface area contributed by atoms with Crippen LogP contribution in [0, 0.1) is 12.7 Å².